The molecule has 0 aliphatic carbocycles. The zero-order valence-electron chi connectivity index (χ0n) is 22.3. The van der Waals surface area contributed by atoms with Gasteiger partial charge in [0, 0.05) is 30.9 Å². The molecular formula is C32H45N3. The zero-order valence-corrected chi connectivity index (χ0v) is 22.3. The van der Waals surface area contributed by atoms with Crippen LogP contribution in [0.5, 0.6) is 0 Å². The molecule has 3 rings (SSSR count). The Bertz CT molecular complexity index is 1010. The number of rotatable bonds is 12. The van der Waals surface area contributed by atoms with E-state index in [0.29, 0.717) is 0 Å². The topological polar surface area (TPSA) is 43.8 Å². The van der Waals surface area contributed by atoms with Crippen LogP contribution in [-0.2, 0) is 19.9 Å². The minimum atomic E-state index is 0.852. The zero-order chi connectivity index (χ0) is 25.3. The Hall–Kier alpha value is -3.07. The summed E-state index contributed by atoms with van der Waals surface area (Å²) in [5, 5.41) is 0. The van der Waals surface area contributed by atoms with Crippen LogP contribution >= 0.6 is 0 Å². The van der Waals surface area contributed by atoms with Gasteiger partial charge < -0.3 is 10.3 Å². The number of nitrogens with two attached hydrogens (primary N) is 1. The molecule has 0 bridgehead atoms. The van der Waals surface area contributed by atoms with Gasteiger partial charge in [0.2, 0.25) is 0 Å². The van der Waals surface area contributed by atoms with Crippen molar-refractivity contribution in [1.29, 1.82) is 0 Å². The summed E-state index contributed by atoms with van der Waals surface area (Å²) in [6.45, 7) is 6.61. The summed E-state index contributed by atoms with van der Waals surface area (Å²) in [6.07, 6.45) is 19.6. The Balaban J connectivity index is 0.000000328. The maximum atomic E-state index is 5.56. The summed E-state index contributed by atoms with van der Waals surface area (Å²) in [4.78, 5) is 4.79. The van der Waals surface area contributed by atoms with Crippen molar-refractivity contribution in [2.24, 2.45) is 7.05 Å². The van der Waals surface area contributed by atoms with Gasteiger partial charge in [-0.3, -0.25) is 0 Å². The number of nitrogens with zero attached hydrogens (tertiary/aromatic N) is 2. The largest absolute Gasteiger partial charge is 0.399 e. The molecule has 0 atom stereocenters. The number of aromatic nitrogens is 2. The van der Waals surface area contributed by atoms with Crippen molar-refractivity contribution in [1.82, 2.24) is 9.55 Å². The highest BCUT2D eigenvalue weighted by Gasteiger charge is 2.06. The molecule has 2 aromatic carbocycles. The summed E-state index contributed by atoms with van der Waals surface area (Å²) in [6, 6.07) is 18.5. The molecule has 2 N–H and O–H groups in total. The van der Waals surface area contributed by atoms with Crippen molar-refractivity contribution < 1.29 is 0 Å². The Morgan fingerprint density at radius 2 is 1.63 bits per heavy atom. The highest BCUT2D eigenvalue weighted by molar-refractivity contribution is 5.58. The van der Waals surface area contributed by atoms with Crippen LogP contribution in [0.3, 0.4) is 0 Å². The van der Waals surface area contributed by atoms with Gasteiger partial charge in [-0.05, 0) is 63.1 Å². The predicted molar refractivity (Wildman–Crippen MR) is 153 cm³/mol. The van der Waals surface area contributed by atoms with Gasteiger partial charge in [-0.15, -0.1) is 0 Å². The SMILES string of the molecule is C/C=C(\C/C=C\CCc1nc(-c2ccccc2)cn1C)CCCC.CCCCc1ccc(N)cc1. The lowest BCUT2D eigenvalue weighted by Crippen LogP contribution is -1.95. The second-order valence-electron chi connectivity index (χ2n) is 9.13. The third kappa shape index (κ3) is 10.8. The fourth-order valence-electron chi connectivity index (χ4n) is 3.88. The quantitative estimate of drug-likeness (QED) is 0.212. The van der Waals surface area contributed by atoms with Crippen LogP contribution in [-0.4, -0.2) is 9.55 Å². The third-order valence-corrected chi connectivity index (χ3v) is 6.18. The van der Waals surface area contributed by atoms with Crippen molar-refractivity contribution in [2.75, 3.05) is 5.73 Å². The van der Waals surface area contributed by atoms with Gasteiger partial charge in [0.25, 0.3) is 0 Å². The van der Waals surface area contributed by atoms with E-state index in [4.69, 9.17) is 10.7 Å². The van der Waals surface area contributed by atoms with E-state index < -0.39 is 0 Å². The molecule has 0 spiro atoms. The van der Waals surface area contributed by atoms with Gasteiger partial charge in [-0.25, -0.2) is 4.98 Å². The molecule has 3 heteroatoms. The van der Waals surface area contributed by atoms with Crippen LogP contribution in [0, 0.1) is 0 Å². The number of allylic oxidation sites excluding steroid dienone is 4. The van der Waals surface area contributed by atoms with Crippen molar-refractivity contribution in [3.8, 4) is 11.3 Å². The minimum Gasteiger partial charge on any atom is -0.399 e. The molecule has 1 aromatic heterocycles. The van der Waals surface area contributed by atoms with Crippen LogP contribution in [0.15, 0.2) is 84.6 Å². The van der Waals surface area contributed by atoms with Gasteiger partial charge >= 0.3 is 0 Å². The Morgan fingerprint density at radius 3 is 2.29 bits per heavy atom. The summed E-state index contributed by atoms with van der Waals surface area (Å²) in [5.41, 5.74) is 11.6. The first-order valence-corrected chi connectivity index (χ1v) is 13.3. The fraction of sp³-hybridized carbons (Fsp3) is 0.406. The second kappa shape index (κ2) is 16.5. The number of unbranched alkanes of at least 4 members (excludes halogenated alkanes) is 2. The second-order valence-corrected chi connectivity index (χ2v) is 9.13. The first-order valence-electron chi connectivity index (χ1n) is 13.3. The van der Waals surface area contributed by atoms with Crippen molar-refractivity contribution in [3.05, 3.63) is 96.0 Å². The molecule has 0 fully saturated rings. The van der Waals surface area contributed by atoms with Gasteiger partial charge in [0.1, 0.15) is 5.82 Å². The molecule has 3 aromatic rings. The van der Waals surface area contributed by atoms with E-state index in [1.807, 2.05) is 18.2 Å². The van der Waals surface area contributed by atoms with Gasteiger partial charge in [-0.2, -0.15) is 0 Å². The molecule has 1 heterocycles. The number of hydrogen-bond acceptors (Lipinski definition) is 2. The molecule has 0 unspecified atom stereocenters. The van der Waals surface area contributed by atoms with Crippen LogP contribution in [0.1, 0.15) is 77.1 Å². The lowest BCUT2D eigenvalue weighted by atomic mass is 10.1. The standard InChI is InChI=1S/C22H30N2.C10H15N/c1-4-6-13-19(5-2)14-9-7-12-17-22-23-21(18-24(22)3)20-15-10-8-11-16-20;1-2-3-4-9-5-7-10(11)8-6-9/h5,7-11,15-16,18H,4,6,12-14,17H2,1-3H3;5-8H,2-4,11H2,1H3/b9-7-,19-5-;. The van der Waals surface area contributed by atoms with Crippen LogP contribution < -0.4 is 5.73 Å². The summed E-state index contributed by atoms with van der Waals surface area (Å²) < 4.78 is 2.15. The van der Waals surface area contributed by atoms with Crippen molar-refractivity contribution >= 4 is 5.69 Å². The van der Waals surface area contributed by atoms with E-state index >= 15 is 0 Å². The van der Waals surface area contributed by atoms with E-state index in [2.05, 4.69) is 93.2 Å². The number of anilines is 1. The van der Waals surface area contributed by atoms with Crippen molar-refractivity contribution in [3.63, 3.8) is 0 Å². The molecule has 0 aliphatic heterocycles. The minimum absolute atomic E-state index is 0.852. The molecule has 188 valence electrons. The molecule has 3 nitrogen and oxygen atoms in total. The molecule has 0 saturated carbocycles. The smallest absolute Gasteiger partial charge is 0.109 e. The van der Waals surface area contributed by atoms with Crippen LogP contribution in [0.4, 0.5) is 5.69 Å². The number of hydrogen-bond donors (Lipinski definition) is 1. The first-order chi connectivity index (χ1) is 17.1. The number of benzene rings is 2. The lowest BCUT2D eigenvalue weighted by molar-refractivity contribution is 0.770. The normalized spacial score (nSPS) is 11.5. The van der Waals surface area contributed by atoms with E-state index in [9.17, 15) is 0 Å². The first kappa shape index (κ1) is 28.2. The molecule has 0 saturated heterocycles. The molecular weight excluding hydrogens is 426 g/mol. The van der Waals surface area contributed by atoms with Crippen molar-refractivity contribution in [2.45, 2.75) is 78.6 Å². The maximum absolute atomic E-state index is 5.56. The van der Waals surface area contributed by atoms with E-state index in [-0.39, 0.29) is 0 Å². The average molecular weight is 472 g/mol. The highest BCUT2D eigenvalue weighted by Crippen LogP contribution is 2.18. The van der Waals surface area contributed by atoms with E-state index in [1.54, 1.807) is 5.57 Å². The average Bonchev–Trinajstić information content (AvgIpc) is 3.26. The molecule has 0 radical (unpaired) electrons. The molecule has 0 aliphatic rings. The Labute approximate surface area is 213 Å². The predicted octanol–water partition coefficient (Wildman–Crippen LogP) is 8.71. The Morgan fingerprint density at radius 1 is 0.914 bits per heavy atom. The van der Waals surface area contributed by atoms with Gasteiger partial charge in [-0.1, -0.05) is 93.0 Å². The number of aryl methyl sites for hydroxylation is 3. The molecule has 35 heavy (non-hydrogen) atoms. The Kier molecular flexibility index (Phi) is 13.3. The van der Waals surface area contributed by atoms with Crippen LogP contribution in [0.25, 0.3) is 11.3 Å². The lowest BCUT2D eigenvalue weighted by Gasteiger charge is -2.02. The van der Waals surface area contributed by atoms with E-state index in [0.717, 1.165) is 36.5 Å². The number of imidazole rings is 1. The summed E-state index contributed by atoms with van der Waals surface area (Å²) >= 11 is 0. The molecule has 0 amide bonds. The number of nitrogen functional groups attached to an aromatic ring is 1. The monoisotopic (exact) mass is 471 g/mol. The maximum Gasteiger partial charge on any atom is 0.109 e. The fourth-order valence-corrected chi connectivity index (χ4v) is 3.88. The van der Waals surface area contributed by atoms with Gasteiger partial charge in [0.15, 0.2) is 0 Å². The van der Waals surface area contributed by atoms with Crippen LogP contribution in [0.2, 0.25) is 0 Å². The third-order valence-electron chi connectivity index (χ3n) is 6.18. The summed E-state index contributed by atoms with van der Waals surface area (Å²) in [7, 11) is 2.08. The van der Waals surface area contributed by atoms with E-state index in [1.165, 1.54) is 49.7 Å². The van der Waals surface area contributed by atoms with Gasteiger partial charge in [0.05, 0.1) is 5.69 Å². The highest BCUT2D eigenvalue weighted by atomic mass is 15.0. The summed E-state index contributed by atoms with van der Waals surface area (Å²) in [5.74, 6) is 1.15.